The summed E-state index contributed by atoms with van der Waals surface area (Å²) < 4.78 is 2.39. The SMILES string of the molecule is CCCn1cc2c3c(cccc31)CN(C(=O)C1CCCC1)CC2. The topological polar surface area (TPSA) is 25.2 Å². The molecule has 1 saturated carbocycles. The van der Waals surface area contributed by atoms with Gasteiger partial charge in [-0.1, -0.05) is 31.9 Å². The van der Waals surface area contributed by atoms with Crippen molar-refractivity contribution in [2.24, 2.45) is 5.92 Å². The Morgan fingerprint density at radius 3 is 2.83 bits per heavy atom. The molecule has 2 aromatic rings. The van der Waals surface area contributed by atoms with Gasteiger partial charge in [0.05, 0.1) is 0 Å². The van der Waals surface area contributed by atoms with Gasteiger partial charge in [0.15, 0.2) is 0 Å². The van der Waals surface area contributed by atoms with Crippen LogP contribution in [0.2, 0.25) is 0 Å². The number of nitrogens with zero attached hydrogens (tertiary/aromatic N) is 2. The van der Waals surface area contributed by atoms with E-state index in [-0.39, 0.29) is 5.92 Å². The lowest BCUT2D eigenvalue weighted by Crippen LogP contribution is -2.35. The first-order valence-electron chi connectivity index (χ1n) is 9.16. The van der Waals surface area contributed by atoms with Gasteiger partial charge >= 0.3 is 0 Å². The summed E-state index contributed by atoms with van der Waals surface area (Å²) in [6, 6.07) is 6.59. The first kappa shape index (κ1) is 14.8. The Balaban J connectivity index is 1.67. The number of carbonyl (C=O) groups excluding carboxylic acids is 1. The van der Waals surface area contributed by atoms with Crippen molar-refractivity contribution in [3.05, 3.63) is 35.5 Å². The summed E-state index contributed by atoms with van der Waals surface area (Å²) in [7, 11) is 0. The average Bonchev–Trinajstić information content (AvgIpc) is 3.16. The second-order valence-corrected chi connectivity index (χ2v) is 7.15. The third kappa shape index (κ3) is 2.56. The Hall–Kier alpha value is -1.77. The van der Waals surface area contributed by atoms with Crippen molar-refractivity contribution >= 4 is 16.8 Å². The van der Waals surface area contributed by atoms with Crippen LogP contribution in [0, 0.1) is 5.92 Å². The number of hydrogen-bond acceptors (Lipinski definition) is 1. The number of rotatable bonds is 3. The molecule has 1 fully saturated rings. The molecule has 1 amide bonds. The van der Waals surface area contributed by atoms with Crippen LogP contribution in [0.5, 0.6) is 0 Å². The monoisotopic (exact) mass is 310 g/mol. The highest BCUT2D eigenvalue weighted by Gasteiger charge is 2.29. The van der Waals surface area contributed by atoms with E-state index in [0.717, 1.165) is 45.3 Å². The number of benzene rings is 1. The van der Waals surface area contributed by atoms with Gasteiger partial charge in [-0.05, 0) is 42.9 Å². The summed E-state index contributed by atoms with van der Waals surface area (Å²) in [5.41, 5.74) is 4.09. The summed E-state index contributed by atoms with van der Waals surface area (Å²) in [6.45, 7) is 4.96. The fourth-order valence-corrected chi connectivity index (χ4v) is 4.43. The third-order valence-electron chi connectivity index (χ3n) is 5.56. The summed E-state index contributed by atoms with van der Waals surface area (Å²) in [5.74, 6) is 0.679. The van der Waals surface area contributed by atoms with Crippen molar-refractivity contribution in [3.63, 3.8) is 0 Å². The van der Waals surface area contributed by atoms with Crippen molar-refractivity contribution in [3.8, 4) is 0 Å². The lowest BCUT2D eigenvalue weighted by molar-refractivity contribution is -0.135. The van der Waals surface area contributed by atoms with Crippen LogP contribution < -0.4 is 0 Å². The van der Waals surface area contributed by atoms with Crippen molar-refractivity contribution in [2.45, 2.75) is 58.5 Å². The molecule has 0 bridgehead atoms. The van der Waals surface area contributed by atoms with Crippen molar-refractivity contribution < 1.29 is 4.79 Å². The highest BCUT2D eigenvalue weighted by atomic mass is 16.2. The number of amides is 1. The zero-order chi connectivity index (χ0) is 15.8. The summed E-state index contributed by atoms with van der Waals surface area (Å²) >= 11 is 0. The maximum Gasteiger partial charge on any atom is 0.225 e. The van der Waals surface area contributed by atoms with Crippen LogP contribution in [0.25, 0.3) is 10.9 Å². The van der Waals surface area contributed by atoms with Crippen LogP contribution in [0.15, 0.2) is 24.4 Å². The normalized spacial score (nSPS) is 18.6. The zero-order valence-electron chi connectivity index (χ0n) is 14.1. The first-order valence-corrected chi connectivity index (χ1v) is 9.16. The van der Waals surface area contributed by atoms with Gasteiger partial charge in [0.2, 0.25) is 5.91 Å². The number of hydrogen-bond donors (Lipinski definition) is 0. The van der Waals surface area contributed by atoms with Crippen molar-refractivity contribution in [2.75, 3.05) is 6.54 Å². The van der Waals surface area contributed by atoms with Gasteiger partial charge in [0, 0.05) is 42.7 Å². The number of carbonyl (C=O) groups is 1. The molecule has 0 spiro atoms. The number of aromatic nitrogens is 1. The molecular formula is C20H26N2O. The molecule has 1 aromatic heterocycles. The minimum Gasteiger partial charge on any atom is -0.347 e. The van der Waals surface area contributed by atoms with E-state index in [1.807, 2.05) is 0 Å². The fourth-order valence-electron chi connectivity index (χ4n) is 4.43. The van der Waals surface area contributed by atoms with Crippen molar-refractivity contribution in [1.29, 1.82) is 0 Å². The summed E-state index contributed by atoms with van der Waals surface area (Å²) in [5, 5.41) is 1.41. The summed E-state index contributed by atoms with van der Waals surface area (Å²) in [6.07, 6.45) is 9.10. The predicted molar refractivity (Wildman–Crippen MR) is 93.3 cm³/mol. The molecule has 1 aromatic carbocycles. The van der Waals surface area contributed by atoms with Crippen LogP contribution in [-0.2, 0) is 24.3 Å². The van der Waals surface area contributed by atoms with E-state index in [9.17, 15) is 4.79 Å². The largest absolute Gasteiger partial charge is 0.347 e. The standard InChI is InChI=1S/C20H26N2O/c1-2-11-21-13-17-10-12-22(20(23)15-6-3-4-7-15)14-16-8-5-9-18(21)19(16)17/h5,8-9,13,15H,2-4,6-7,10-12,14H2,1H3. The van der Waals surface area contributed by atoms with E-state index < -0.39 is 0 Å². The van der Waals surface area contributed by atoms with Crippen LogP contribution in [0.1, 0.15) is 50.2 Å². The number of aryl methyl sites for hydroxylation is 1. The van der Waals surface area contributed by atoms with Crippen LogP contribution in [-0.4, -0.2) is 21.9 Å². The molecule has 0 radical (unpaired) electrons. The quantitative estimate of drug-likeness (QED) is 0.837. The lowest BCUT2D eigenvalue weighted by Gasteiger charge is -2.24. The molecule has 2 heterocycles. The van der Waals surface area contributed by atoms with Crippen molar-refractivity contribution in [1.82, 2.24) is 9.47 Å². The van der Waals surface area contributed by atoms with Gasteiger partial charge in [0.1, 0.15) is 0 Å². The average molecular weight is 310 g/mol. The van der Waals surface area contributed by atoms with E-state index in [1.54, 1.807) is 0 Å². The van der Waals surface area contributed by atoms with Crippen LogP contribution in [0.4, 0.5) is 0 Å². The Kier molecular flexibility index (Phi) is 3.88. The van der Waals surface area contributed by atoms with E-state index >= 15 is 0 Å². The van der Waals surface area contributed by atoms with E-state index in [4.69, 9.17) is 0 Å². The minimum absolute atomic E-state index is 0.284. The molecule has 0 unspecified atom stereocenters. The molecule has 0 saturated heterocycles. The Morgan fingerprint density at radius 2 is 2.04 bits per heavy atom. The Morgan fingerprint density at radius 1 is 1.22 bits per heavy atom. The maximum atomic E-state index is 12.8. The van der Waals surface area contributed by atoms with E-state index in [0.29, 0.717) is 5.91 Å². The maximum absolute atomic E-state index is 12.8. The lowest BCUT2D eigenvalue weighted by atomic mass is 10.1. The molecule has 2 aliphatic rings. The second-order valence-electron chi connectivity index (χ2n) is 7.15. The second kappa shape index (κ2) is 6.03. The van der Waals surface area contributed by atoms with Gasteiger partial charge in [-0.2, -0.15) is 0 Å². The van der Waals surface area contributed by atoms with E-state index in [2.05, 4.69) is 40.8 Å². The van der Waals surface area contributed by atoms with Gasteiger partial charge in [0.25, 0.3) is 0 Å². The first-order chi connectivity index (χ1) is 11.3. The van der Waals surface area contributed by atoms with Gasteiger partial charge in [-0.15, -0.1) is 0 Å². The highest BCUT2D eigenvalue weighted by Crippen LogP contribution is 2.32. The van der Waals surface area contributed by atoms with E-state index in [1.165, 1.54) is 34.9 Å². The Labute approximate surface area is 138 Å². The molecule has 3 heteroatoms. The Bertz CT molecular complexity index is 725. The molecule has 0 N–H and O–H groups in total. The highest BCUT2D eigenvalue weighted by molar-refractivity contribution is 5.89. The van der Waals surface area contributed by atoms with Crippen LogP contribution in [0.3, 0.4) is 0 Å². The molecule has 1 aliphatic heterocycles. The van der Waals surface area contributed by atoms with Gasteiger partial charge < -0.3 is 9.47 Å². The van der Waals surface area contributed by atoms with Crippen LogP contribution >= 0.6 is 0 Å². The molecule has 23 heavy (non-hydrogen) atoms. The minimum atomic E-state index is 0.284. The van der Waals surface area contributed by atoms with Gasteiger partial charge in [-0.3, -0.25) is 4.79 Å². The molecule has 1 aliphatic carbocycles. The summed E-state index contributed by atoms with van der Waals surface area (Å²) in [4.78, 5) is 15.0. The molecule has 0 atom stereocenters. The predicted octanol–water partition coefficient (Wildman–Crippen LogP) is 4.13. The third-order valence-corrected chi connectivity index (χ3v) is 5.56. The van der Waals surface area contributed by atoms with Gasteiger partial charge in [-0.25, -0.2) is 0 Å². The molecule has 4 rings (SSSR count). The molecular weight excluding hydrogens is 284 g/mol. The molecule has 3 nitrogen and oxygen atoms in total. The fraction of sp³-hybridized carbons (Fsp3) is 0.550. The molecule has 122 valence electrons. The smallest absolute Gasteiger partial charge is 0.225 e. The zero-order valence-corrected chi connectivity index (χ0v) is 14.1.